The number of thioether (sulfide) groups is 1. The molecule has 0 aliphatic rings. The molecule has 0 spiro atoms. The van der Waals surface area contributed by atoms with Crippen molar-refractivity contribution >= 4 is 23.4 Å². The molecule has 118 valence electrons. The fourth-order valence-electron chi connectivity index (χ4n) is 1.87. The Kier molecular flexibility index (Phi) is 5.95. The predicted octanol–water partition coefficient (Wildman–Crippen LogP) is 3.50. The number of carbonyl (C=O) groups is 1. The SMILES string of the molecule is CSCCC(C)N(C)C(=O)c1cccc(C(F)(F)F)c1N. The largest absolute Gasteiger partial charge is 0.418 e. The van der Waals surface area contributed by atoms with Crippen LogP contribution in [-0.2, 0) is 6.18 Å². The molecule has 1 amide bonds. The van der Waals surface area contributed by atoms with Gasteiger partial charge in [-0.15, -0.1) is 0 Å². The van der Waals surface area contributed by atoms with Gasteiger partial charge in [-0.1, -0.05) is 6.07 Å². The number of halogens is 3. The number of rotatable bonds is 5. The monoisotopic (exact) mass is 320 g/mol. The van der Waals surface area contributed by atoms with Crippen molar-refractivity contribution in [2.75, 3.05) is 24.8 Å². The van der Waals surface area contributed by atoms with Gasteiger partial charge in [-0.05, 0) is 37.5 Å². The first kappa shape index (κ1) is 17.7. The van der Waals surface area contributed by atoms with Gasteiger partial charge < -0.3 is 10.6 Å². The van der Waals surface area contributed by atoms with Crippen molar-refractivity contribution < 1.29 is 18.0 Å². The molecule has 0 saturated carbocycles. The first-order chi connectivity index (χ1) is 9.70. The number of amides is 1. The fraction of sp³-hybridized carbons (Fsp3) is 0.500. The normalized spacial score (nSPS) is 13.0. The molecular formula is C14H19F3N2OS. The van der Waals surface area contributed by atoms with Crippen LogP contribution in [0.2, 0.25) is 0 Å². The molecule has 1 aromatic carbocycles. The molecule has 0 aromatic heterocycles. The van der Waals surface area contributed by atoms with Gasteiger partial charge in [-0.25, -0.2) is 0 Å². The van der Waals surface area contributed by atoms with E-state index >= 15 is 0 Å². The average Bonchev–Trinajstić information content (AvgIpc) is 2.42. The van der Waals surface area contributed by atoms with Crippen molar-refractivity contribution in [1.82, 2.24) is 4.90 Å². The molecule has 1 atom stereocenters. The van der Waals surface area contributed by atoms with Gasteiger partial charge in [0.1, 0.15) is 0 Å². The van der Waals surface area contributed by atoms with E-state index in [0.717, 1.165) is 18.2 Å². The van der Waals surface area contributed by atoms with E-state index < -0.39 is 23.3 Å². The summed E-state index contributed by atoms with van der Waals surface area (Å²) in [6, 6.07) is 3.33. The molecule has 0 heterocycles. The Morgan fingerprint density at radius 2 is 2.05 bits per heavy atom. The lowest BCUT2D eigenvalue weighted by Gasteiger charge is -2.26. The van der Waals surface area contributed by atoms with Crippen molar-refractivity contribution in [1.29, 1.82) is 0 Å². The minimum atomic E-state index is -4.57. The third kappa shape index (κ3) is 4.30. The second-order valence-corrected chi connectivity index (χ2v) is 5.80. The zero-order valence-corrected chi connectivity index (χ0v) is 13.0. The summed E-state index contributed by atoms with van der Waals surface area (Å²) < 4.78 is 38.4. The summed E-state index contributed by atoms with van der Waals surface area (Å²) in [5, 5.41) is 0. The van der Waals surface area contributed by atoms with Gasteiger partial charge in [0.05, 0.1) is 16.8 Å². The minimum absolute atomic E-state index is 0.0705. The van der Waals surface area contributed by atoms with Crippen molar-refractivity contribution in [3.05, 3.63) is 29.3 Å². The molecule has 3 nitrogen and oxygen atoms in total. The molecule has 0 radical (unpaired) electrons. The van der Waals surface area contributed by atoms with Gasteiger partial charge in [0, 0.05) is 13.1 Å². The second kappa shape index (κ2) is 7.06. The first-order valence-electron chi connectivity index (χ1n) is 6.42. The standard InChI is InChI=1S/C14H19F3N2OS/c1-9(7-8-21-3)19(2)13(20)10-5-4-6-11(12(10)18)14(15,16)17/h4-6,9H,7-8,18H2,1-3H3. The lowest BCUT2D eigenvalue weighted by Crippen LogP contribution is -2.36. The number of hydrogen-bond donors (Lipinski definition) is 1. The molecular weight excluding hydrogens is 301 g/mol. The number of nitrogens with two attached hydrogens (primary N) is 1. The fourth-order valence-corrected chi connectivity index (χ4v) is 2.45. The molecule has 7 heteroatoms. The summed E-state index contributed by atoms with van der Waals surface area (Å²) >= 11 is 1.65. The summed E-state index contributed by atoms with van der Waals surface area (Å²) in [7, 11) is 1.58. The summed E-state index contributed by atoms with van der Waals surface area (Å²) in [5.41, 5.74) is 3.94. The number of carbonyl (C=O) groups excluding carboxylic acids is 1. The van der Waals surface area contributed by atoms with E-state index in [-0.39, 0.29) is 11.6 Å². The molecule has 1 aromatic rings. The number of anilines is 1. The maximum Gasteiger partial charge on any atom is 0.418 e. The van der Waals surface area contributed by atoms with Crippen LogP contribution in [-0.4, -0.2) is 35.9 Å². The Bertz CT molecular complexity index is 505. The van der Waals surface area contributed by atoms with Gasteiger partial charge in [0.25, 0.3) is 5.91 Å². The van der Waals surface area contributed by atoms with Gasteiger partial charge >= 0.3 is 6.18 Å². The van der Waals surface area contributed by atoms with Crippen LogP contribution in [0.1, 0.15) is 29.3 Å². The molecule has 21 heavy (non-hydrogen) atoms. The van der Waals surface area contributed by atoms with Crippen LogP contribution >= 0.6 is 11.8 Å². The topological polar surface area (TPSA) is 46.3 Å². The van der Waals surface area contributed by atoms with Gasteiger partial charge in [-0.3, -0.25) is 4.79 Å². The van der Waals surface area contributed by atoms with Crippen molar-refractivity contribution in [3.8, 4) is 0 Å². The van der Waals surface area contributed by atoms with Gasteiger partial charge in [0.15, 0.2) is 0 Å². The number of para-hydroxylation sites is 1. The summed E-state index contributed by atoms with van der Waals surface area (Å²) in [6.07, 6.45) is -1.84. The zero-order valence-electron chi connectivity index (χ0n) is 12.2. The van der Waals surface area contributed by atoms with E-state index in [1.807, 2.05) is 13.2 Å². The summed E-state index contributed by atoms with van der Waals surface area (Å²) in [4.78, 5) is 13.8. The zero-order chi connectivity index (χ0) is 16.2. The molecule has 0 aliphatic heterocycles. The van der Waals surface area contributed by atoms with Crippen molar-refractivity contribution in [2.45, 2.75) is 25.6 Å². The maximum absolute atomic E-state index is 12.8. The Hall–Kier alpha value is -1.37. The summed E-state index contributed by atoms with van der Waals surface area (Å²) in [5.74, 6) is 0.379. The highest BCUT2D eigenvalue weighted by Gasteiger charge is 2.34. The van der Waals surface area contributed by atoms with Gasteiger partial charge in [-0.2, -0.15) is 24.9 Å². The van der Waals surface area contributed by atoms with E-state index in [1.165, 1.54) is 17.0 Å². The lowest BCUT2D eigenvalue weighted by molar-refractivity contribution is -0.136. The highest BCUT2D eigenvalue weighted by atomic mass is 32.2. The number of alkyl halides is 3. The molecule has 0 aliphatic carbocycles. The highest BCUT2D eigenvalue weighted by molar-refractivity contribution is 7.98. The van der Waals surface area contributed by atoms with Crippen LogP contribution in [0.5, 0.6) is 0 Å². The van der Waals surface area contributed by atoms with Crippen LogP contribution in [0, 0.1) is 0 Å². The Balaban J connectivity index is 3.03. The van der Waals surface area contributed by atoms with Crippen LogP contribution in [0.3, 0.4) is 0 Å². The quantitative estimate of drug-likeness (QED) is 0.845. The van der Waals surface area contributed by atoms with Crippen LogP contribution in [0.15, 0.2) is 18.2 Å². The molecule has 0 saturated heterocycles. The Morgan fingerprint density at radius 3 is 2.57 bits per heavy atom. The van der Waals surface area contributed by atoms with E-state index in [1.54, 1.807) is 18.8 Å². The number of hydrogen-bond acceptors (Lipinski definition) is 3. The van der Waals surface area contributed by atoms with E-state index in [4.69, 9.17) is 5.73 Å². The van der Waals surface area contributed by atoms with Crippen molar-refractivity contribution in [3.63, 3.8) is 0 Å². The number of nitrogens with zero attached hydrogens (tertiary/aromatic N) is 1. The predicted molar refractivity (Wildman–Crippen MR) is 80.4 cm³/mol. The van der Waals surface area contributed by atoms with E-state index in [0.29, 0.717) is 0 Å². The number of nitrogen functional groups attached to an aromatic ring is 1. The second-order valence-electron chi connectivity index (χ2n) is 4.81. The first-order valence-corrected chi connectivity index (χ1v) is 7.81. The lowest BCUT2D eigenvalue weighted by atomic mass is 10.0. The molecule has 2 N–H and O–H groups in total. The smallest absolute Gasteiger partial charge is 0.398 e. The summed E-state index contributed by atoms with van der Waals surface area (Å²) in [6.45, 7) is 1.86. The van der Waals surface area contributed by atoms with Crippen molar-refractivity contribution in [2.24, 2.45) is 0 Å². The molecule has 1 unspecified atom stereocenters. The molecule has 1 rings (SSSR count). The Morgan fingerprint density at radius 1 is 1.43 bits per heavy atom. The maximum atomic E-state index is 12.8. The van der Waals surface area contributed by atoms with Crippen LogP contribution < -0.4 is 5.73 Å². The average molecular weight is 320 g/mol. The van der Waals surface area contributed by atoms with E-state index in [2.05, 4.69) is 0 Å². The van der Waals surface area contributed by atoms with Crippen LogP contribution in [0.25, 0.3) is 0 Å². The third-order valence-electron chi connectivity index (χ3n) is 3.36. The minimum Gasteiger partial charge on any atom is -0.398 e. The van der Waals surface area contributed by atoms with Gasteiger partial charge in [0.2, 0.25) is 0 Å². The Labute approximate surface area is 126 Å². The van der Waals surface area contributed by atoms with E-state index in [9.17, 15) is 18.0 Å². The molecule has 0 fully saturated rings. The highest BCUT2D eigenvalue weighted by Crippen LogP contribution is 2.35. The molecule has 0 bridgehead atoms. The third-order valence-corrected chi connectivity index (χ3v) is 4.01. The number of benzene rings is 1. The van der Waals surface area contributed by atoms with Crippen LogP contribution in [0.4, 0.5) is 18.9 Å².